The Morgan fingerprint density at radius 2 is 2.04 bits per heavy atom. The average molecular weight is 327 g/mol. The summed E-state index contributed by atoms with van der Waals surface area (Å²) in [5.41, 5.74) is 1.74. The molecule has 0 bridgehead atoms. The molecule has 24 heavy (non-hydrogen) atoms. The lowest BCUT2D eigenvalue weighted by Crippen LogP contribution is -2.40. The van der Waals surface area contributed by atoms with Crippen LogP contribution in [0.25, 0.3) is 5.69 Å². The van der Waals surface area contributed by atoms with E-state index in [2.05, 4.69) is 41.2 Å². The lowest BCUT2D eigenvalue weighted by atomic mass is 10.1. The lowest BCUT2D eigenvalue weighted by molar-refractivity contribution is 0.0946. The third-order valence-electron chi connectivity index (χ3n) is 4.61. The summed E-state index contributed by atoms with van der Waals surface area (Å²) < 4.78 is 1.79. The molecule has 1 fully saturated rings. The van der Waals surface area contributed by atoms with E-state index in [1.807, 2.05) is 24.3 Å². The first-order valence-corrected chi connectivity index (χ1v) is 8.42. The van der Waals surface area contributed by atoms with Crippen LogP contribution in [0.15, 0.2) is 36.9 Å². The van der Waals surface area contributed by atoms with Gasteiger partial charge < -0.3 is 5.32 Å². The third-order valence-corrected chi connectivity index (χ3v) is 4.61. The van der Waals surface area contributed by atoms with E-state index in [1.54, 1.807) is 17.2 Å². The summed E-state index contributed by atoms with van der Waals surface area (Å²) in [5, 5.41) is 10.7. The van der Waals surface area contributed by atoms with Crippen LogP contribution in [-0.2, 0) is 0 Å². The fraction of sp³-hybridized carbons (Fsp3) is 0.500. The fourth-order valence-corrected chi connectivity index (χ4v) is 3.09. The highest BCUT2D eigenvalue weighted by Crippen LogP contribution is 2.24. The molecular weight excluding hydrogens is 302 g/mol. The van der Waals surface area contributed by atoms with Crippen LogP contribution < -0.4 is 5.32 Å². The number of aromatic nitrogens is 3. The van der Waals surface area contributed by atoms with Gasteiger partial charge in [0.1, 0.15) is 12.7 Å². The zero-order chi connectivity index (χ0) is 17.2. The van der Waals surface area contributed by atoms with E-state index in [9.17, 15) is 4.79 Å². The van der Waals surface area contributed by atoms with Crippen molar-refractivity contribution in [3.63, 3.8) is 0 Å². The normalized spacial score (nSPS) is 18.7. The molecule has 1 saturated heterocycles. The molecule has 2 aromatic rings. The van der Waals surface area contributed by atoms with Crippen molar-refractivity contribution >= 4 is 5.91 Å². The van der Waals surface area contributed by atoms with Crippen LogP contribution in [0.4, 0.5) is 0 Å². The van der Waals surface area contributed by atoms with E-state index < -0.39 is 0 Å². The van der Waals surface area contributed by atoms with Crippen LogP contribution in [0.1, 0.15) is 37.6 Å². The smallest absolute Gasteiger partial charge is 0.251 e. The molecule has 0 radical (unpaired) electrons. The predicted molar refractivity (Wildman–Crippen MR) is 93.1 cm³/mol. The van der Waals surface area contributed by atoms with E-state index in [0.29, 0.717) is 11.5 Å². The predicted octanol–water partition coefficient (Wildman–Crippen LogP) is 2.12. The van der Waals surface area contributed by atoms with Gasteiger partial charge in [-0.15, -0.1) is 10.2 Å². The maximum absolute atomic E-state index is 12.4. The Kier molecular flexibility index (Phi) is 4.66. The van der Waals surface area contributed by atoms with Gasteiger partial charge in [0.2, 0.25) is 0 Å². The molecule has 1 amide bonds. The largest absolute Gasteiger partial charge is 0.352 e. The van der Waals surface area contributed by atoms with Crippen molar-refractivity contribution in [2.45, 2.75) is 32.7 Å². The van der Waals surface area contributed by atoms with Gasteiger partial charge in [0.15, 0.2) is 0 Å². The number of hydrogen-bond donors (Lipinski definition) is 1. The second-order valence-electron chi connectivity index (χ2n) is 7.40. The van der Waals surface area contributed by atoms with E-state index in [4.69, 9.17) is 0 Å². The molecule has 1 aromatic heterocycles. The summed E-state index contributed by atoms with van der Waals surface area (Å²) in [6.45, 7) is 9.60. The second-order valence-corrected chi connectivity index (χ2v) is 7.40. The molecule has 1 N–H and O–H groups in total. The summed E-state index contributed by atoms with van der Waals surface area (Å²) >= 11 is 0. The second kappa shape index (κ2) is 6.73. The van der Waals surface area contributed by atoms with Crippen LogP contribution in [0, 0.1) is 5.92 Å². The zero-order valence-corrected chi connectivity index (χ0v) is 14.6. The Labute approximate surface area is 142 Å². The van der Waals surface area contributed by atoms with Gasteiger partial charge in [-0.25, -0.2) is 0 Å². The Balaban J connectivity index is 1.57. The van der Waals surface area contributed by atoms with Gasteiger partial charge >= 0.3 is 0 Å². The molecule has 1 aliphatic heterocycles. The fourth-order valence-electron chi connectivity index (χ4n) is 3.09. The van der Waals surface area contributed by atoms with Crippen LogP contribution in [0.3, 0.4) is 0 Å². The number of carbonyl (C=O) groups excluding carboxylic acids is 1. The number of benzene rings is 1. The summed E-state index contributed by atoms with van der Waals surface area (Å²) in [6, 6.07) is 7.49. The molecule has 1 atom stereocenters. The minimum atomic E-state index is -0.0286. The summed E-state index contributed by atoms with van der Waals surface area (Å²) in [6.07, 6.45) is 4.38. The molecule has 6 nitrogen and oxygen atoms in total. The van der Waals surface area contributed by atoms with Crippen molar-refractivity contribution in [1.82, 2.24) is 25.0 Å². The Morgan fingerprint density at radius 1 is 1.29 bits per heavy atom. The van der Waals surface area contributed by atoms with E-state index in [1.165, 1.54) is 0 Å². The SMILES string of the molecule is CC(C)(C)N1CC[C@H](CNC(=O)c2cccc(-n3cnnc3)c2)C1. The van der Waals surface area contributed by atoms with Crippen molar-refractivity contribution in [1.29, 1.82) is 0 Å². The molecule has 0 unspecified atom stereocenters. The van der Waals surface area contributed by atoms with E-state index in [-0.39, 0.29) is 11.4 Å². The van der Waals surface area contributed by atoms with Crippen molar-refractivity contribution in [2.24, 2.45) is 5.92 Å². The minimum absolute atomic E-state index is 0.0286. The van der Waals surface area contributed by atoms with Gasteiger partial charge in [0.25, 0.3) is 5.91 Å². The number of nitrogens with zero attached hydrogens (tertiary/aromatic N) is 4. The number of hydrogen-bond acceptors (Lipinski definition) is 4. The molecule has 0 spiro atoms. The Hall–Kier alpha value is -2.21. The Morgan fingerprint density at radius 3 is 2.71 bits per heavy atom. The highest BCUT2D eigenvalue weighted by atomic mass is 16.1. The van der Waals surface area contributed by atoms with Crippen LogP contribution >= 0.6 is 0 Å². The van der Waals surface area contributed by atoms with Crippen molar-refractivity contribution < 1.29 is 4.79 Å². The molecule has 2 heterocycles. The number of carbonyl (C=O) groups is 1. The van der Waals surface area contributed by atoms with E-state index >= 15 is 0 Å². The first-order valence-electron chi connectivity index (χ1n) is 8.42. The Bertz CT molecular complexity index is 690. The topological polar surface area (TPSA) is 63.1 Å². The number of rotatable bonds is 4. The first-order chi connectivity index (χ1) is 11.4. The number of likely N-dealkylation sites (tertiary alicyclic amines) is 1. The van der Waals surface area contributed by atoms with E-state index in [0.717, 1.165) is 31.7 Å². The molecule has 3 rings (SSSR count). The first kappa shape index (κ1) is 16.6. The molecule has 0 saturated carbocycles. The molecule has 1 aliphatic rings. The molecule has 6 heteroatoms. The third kappa shape index (κ3) is 3.82. The summed E-state index contributed by atoms with van der Waals surface area (Å²) in [7, 11) is 0. The maximum atomic E-state index is 12.4. The number of nitrogens with one attached hydrogen (secondary N) is 1. The van der Waals surface area contributed by atoms with Crippen molar-refractivity contribution in [3.05, 3.63) is 42.5 Å². The lowest BCUT2D eigenvalue weighted by Gasteiger charge is -2.31. The van der Waals surface area contributed by atoms with Gasteiger partial charge in [-0.2, -0.15) is 0 Å². The van der Waals surface area contributed by atoms with Crippen LogP contribution in [0.5, 0.6) is 0 Å². The number of amides is 1. The summed E-state index contributed by atoms with van der Waals surface area (Å²) in [5.74, 6) is 0.494. The van der Waals surface area contributed by atoms with Crippen LogP contribution in [-0.4, -0.2) is 50.7 Å². The van der Waals surface area contributed by atoms with Gasteiger partial charge in [-0.05, 0) is 57.9 Å². The van der Waals surface area contributed by atoms with Crippen molar-refractivity contribution in [2.75, 3.05) is 19.6 Å². The summed E-state index contributed by atoms with van der Waals surface area (Å²) in [4.78, 5) is 14.9. The average Bonchev–Trinajstić information content (AvgIpc) is 3.23. The molecule has 1 aromatic carbocycles. The molecule has 0 aliphatic carbocycles. The molecular formula is C18H25N5O. The standard InChI is InChI=1S/C18H25N5O/c1-18(2,3)23-8-7-14(11-23)10-19-17(24)15-5-4-6-16(9-15)22-12-20-21-13-22/h4-6,9,12-14H,7-8,10-11H2,1-3H3,(H,19,24)/t14-/m1/s1. The quantitative estimate of drug-likeness (QED) is 0.934. The molecule has 128 valence electrons. The van der Waals surface area contributed by atoms with Gasteiger partial charge in [0, 0.05) is 29.9 Å². The van der Waals surface area contributed by atoms with Gasteiger partial charge in [-0.3, -0.25) is 14.3 Å². The van der Waals surface area contributed by atoms with Gasteiger partial charge in [0.05, 0.1) is 0 Å². The van der Waals surface area contributed by atoms with Gasteiger partial charge in [-0.1, -0.05) is 6.07 Å². The minimum Gasteiger partial charge on any atom is -0.352 e. The highest BCUT2D eigenvalue weighted by Gasteiger charge is 2.30. The maximum Gasteiger partial charge on any atom is 0.251 e. The van der Waals surface area contributed by atoms with Crippen LogP contribution in [0.2, 0.25) is 0 Å². The monoisotopic (exact) mass is 327 g/mol. The zero-order valence-electron chi connectivity index (χ0n) is 14.6. The van der Waals surface area contributed by atoms with Crippen molar-refractivity contribution in [3.8, 4) is 5.69 Å². The highest BCUT2D eigenvalue weighted by molar-refractivity contribution is 5.94.